The van der Waals surface area contributed by atoms with E-state index in [-0.39, 0.29) is 30.9 Å². The second-order valence-electron chi connectivity index (χ2n) is 10.5. The Labute approximate surface area is 178 Å². The molecular weight excluding hydrogens is 404 g/mol. The van der Waals surface area contributed by atoms with E-state index in [2.05, 4.69) is 60.1 Å². The molecule has 168 valence electrons. The van der Waals surface area contributed by atoms with Crippen LogP contribution in [0, 0.1) is 5.41 Å². The maximum absolute atomic E-state index is 11.1. The second-order valence-corrected chi connectivity index (χ2v) is 19.3. The van der Waals surface area contributed by atoms with Gasteiger partial charge in [-0.05, 0) is 65.6 Å². The summed E-state index contributed by atoms with van der Waals surface area (Å²) >= 11 is 0. The van der Waals surface area contributed by atoms with Gasteiger partial charge in [0, 0.05) is 6.92 Å². The maximum atomic E-state index is 11.1. The molecule has 0 spiro atoms. The summed E-state index contributed by atoms with van der Waals surface area (Å²) in [6.45, 7) is 21.3. The maximum Gasteiger partial charge on any atom is 0.302 e. The van der Waals surface area contributed by atoms with Gasteiger partial charge in [0.1, 0.15) is 12.7 Å². The van der Waals surface area contributed by atoms with E-state index in [0.717, 1.165) is 6.42 Å². The number of carbonyl (C=O) groups excluding carboxylic acids is 1. The predicted molar refractivity (Wildman–Crippen MR) is 119 cm³/mol. The van der Waals surface area contributed by atoms with E-state index in [1.54, 1.807) is 0 Å². The highest BCUT2D eigenvalue weighted by molar-refractivity contribution is 6.70. The van der Waals surface area contributed by atoms with Crippen LogP contribution in [0.15, 0.2) is 12.2 Å². The van der Waals surface area contributed by atoms with Crippen molar-refractivity contribution in [1.29, 1.82) is 0 Å². The summed E-state index contributed by atoms with van der Waals surface area (Å²) in [4.78, 5) is 11.1. The van der Waals surface area contributed by atoms with Crippen molar-refractivity contribution in [2.45, 2.75) is 104 Å². The van der Waals surface area contributed by atoms with Crippen LogP contribution in [0.3, 0.4) is 0 Å². The van der Waals surface area contributed by atoms with Crippen molar-refractivity contribution >= 4 is 22.6 Å². The average Bonchev–Trinajstić information content (AvgIpc) is 2.90. The quantitative estimate of drug-likeness (QED) is 0.312. The van der Waals surface area contributed by atoms with Gasteiger partial charge in [0.2, 0.25) is 0 Å². The average molecular weight is 445 g/mol. The molecule has 2 fully saturated rings. The minimum atomic E-state index is -1.89. The van der Waals surface area contributed by atoms with Gasteiger partial charge >= 0.3 is 5.97 Å². The van der Waals surface area contributed by atoms with Gasteiger partial charge in [0.15, 0.2) is 22.9 Å². The third-order valence-corrected chi connectivity index (χ3v) is 7.71. The summed E-state index contributed by atoms with van der Waals surface area (Å²) in [5.41, 5.74) is -0.968. The number of ether oxygens (including phenoxy) is 3. The largest absolute Gasteiger partial charge is 0.462 e. The second kappa shape index (κ2) is 8.55. The van der Waals surface area contributed by atoms with Crippen LogP contribution in [0.4, 0.5) is 0 Å². The molecule has 0 aromatic rings. The van der Waals surface area contributed by atoms with Gasteiger partial charge in [0.05, 0.1) is 23.2 Å². The van der Waals surface area contributed by atoms with Crippen molar-refractivity contribution < 1.29 is 27.9 Å². The monoisotopic (exact) mass is 444 g/mol. The van der Waals surface area contributed by atoms with Crippen LogP contribution in [-0.4, -0.2) is 59.4 Å². The summed E-state index contributed by atoms with van der Waals surface area (Å²) in [7, 11) is -3.76. The van der Waals surface area contributed by atoms with Crippen LogP contribution in [-0.2, 0) is 27.9 Å². The van der Waals surface area contributed by atoms with Crippen LogP contribution < -0.4 is 0 Å². The van der Waals surface area contributed by atoms with Gasteiger partial charge in [-0.25, -0.2) is 0 Å². The third-order valence-electron chi connectivity index (χ3n) is 5.71. The van der Waals surface area contributed by atoms with E-state index in [0.29, 0.717) is 0 Å². The third kappa shape index (κ3) is 5.22. The standard InChI is InChI=1S/C21H40O6Si2/c1-11-17-21(4,27-29(8,9)10)20(3)18(26-28(5,6)7)16(24-19(20)25-17)13-12-14-23-15(2)22/h12-13,16-19H,11,14H2,1-10H3/b13-12+/t16-,17-,18+,19+,20+,21+/m1/s1. The lowest BCUT2D eigenvalue weighted by Gasteiger charge is -2.48. The number of hydrogen-bond donors (Lipinski definition) is 0. The lowest BCUT2D eigenvalue weighted by molar-refractivity contribution is -0.143. The van der Waals surface area contributed by atoms with E-state index in [1.807, 2.05) is 12.2 Å². The van der Waals surface area contributed by atoms with Crippen molar-refractivity contribution in [2.24, 2.45) is 5.41 Å². The molecule has 6 atom stereocenters. The number of carbonyl (C=O) groups is 1. The summed E-state index contributed by atoms with van der Waals surface area (Å²) in [6.07, 6.45) is 3.67. The van der Waals surface area contributed by atoms with E-state index in [9.17, 15) is 4.79 Å². The Balaban J connectivity index is 2.42. The summed E-state index contributed by atoms with van der Waals surface area (Å²) < 4.78 is 31.4. The zero-order valence-electron chi connectivity index (χ0n) is 19.8. The molecule has 0 bridgehead atoms. The molecule has 2 heterocycles. The molecule has 6 nitrogen and oxygen atoms in total. The smallest absolute Gasteiger partial charge is 0.302 e. The molecule has 0 unspecified atom stereocenters. The summed E-state index contributed by atoms with van der Waals surface area (Å²) in [5.74, 6) is -0.300. The van der Waals surface area contributed by atoms with Crippen LogP contribution in [0.25, 0.3) is 0 Å². The SMILES string of the molecule is CC[C@H]1O[C@@H]2O[C@H](/C=C/COC(C)=O)[C@H](O[Si](C)(C)C)[C@]2(C)[C@@]1(C)O[Si](C)(C)C. The van der Waals surface area contributed by atoms with Crippen molar-refractivity contribution in [3.8, 4) is 0 Å². The molecule has 2 aliphatic rings. The number of hydrogen-bond acceptors (Lipinski definition) is 6. The van der Waals surface area contributed by atoms with Crippen LogP contribution in [0.2, 0.25) is 39.3 Å². The van der Waals surface area contributed by atoms with Gasteiger partial charge in [0.25, 0.3) is 0 Å². The lowest BCUT2D eigenvalue weighted by atomic mass is 9.69. The fraction of sp³-hybridized carbons (Fsp3) is 0.857. The Morgan fingerprint density at radius 1 is 1.07 bits per heavy atom. The normalized spacial score (nSPS) is 37.9. The Bertz CT molecular complexity index is 626. The Hall–Kier alpha value is -0.516. The molecule has 2 saturated heterocycles. The minimum absolute atomic E-state index is 0.0528. The number of rotatable bonds is 8. The molecule has 2 rings (SSSR count). The Morgan fingerprint density at radius 3 is 2.17 bits per heavy atom. The molecule has 2 aliphatic heterocycles. The lowest BCUT2D eigenvalue weighted by Crippen LogP contribution is -2.61. The first-order valence-corrected chi connectivity index (χ1v) is 17.4. The van der Waals surface area contributed by atoms with E-state index >= 15 is 0 Å². The molecule has 29 heavy (non-hydrogen) atoms. The van der Waals surface area contributed by atoms with Gasteiger partial charge in [-0.15, -0.1) is 0 Å². The summed E-state index contributed by atoms with van der Waals surface area (Å²) in [5, 5.41) is 0. The molecule has 0 radical (unpaired) electrons. The van der Waals surface area contributed by atoms with Crippen LogP contribution in [0.1, 0.15) is 34.1 Å². The zero-order chi connectivity index (χ0) is 22.3. The molecule has 0 aliphatic carbocycles. The first-order chi connectivity index (χ1) is 13.1. The predicted octanol–water partition coefficient (Wildman–Crippen LogP) is 4.48. The van der Waals surface area contributed by atoms with Crippen molar-refractivity contribution in [1.82, 2.24) is 0 Å². The number of fused-ring (bicyclic) bond motifs is 1. The highest BCUT2D eigenvalue weighted by Crippen LogP contribution is 2.59. The van der Waals surface area contributed by atoms with E-state index in [1.165, 1.54) is 6.92 Å². The van der Waals surface area contributed by atoms with Gasteiger partial charge < -0.3 is 23.1 Å². The van der Waals surface area contributed by atoms with Crippen molar-refractivity contribution in [3.05, 3.63) is 12.2 Å². The highest BCUT2D eigenvalue weighted by Gasteiger charge is 2.72. The highest BCUT2D eigenvalue weighted by atomic mass is 28.4. The fourth-order valence-corrected chi connectivity index (χ4v) is 7.28. The summed E-state index contributed by atoms with van der Waals surface area (Å²) in [6, 6.07) is 0. The van der Waals surface area contributed by atoms with Crippen molar-refractivity contribution in [3.63, 3.8) is 0 Å². The Kier molecular flexibility index (Phi) is 7.30. The molecule has 0 N–H and O–H groups in total. The van der Waals surface area contributed by atoms with Gasteiger partial charge in [-0.3, -0.25) is 4.79 Å². The minimum Gasteiger partial charge on any atom is -0.462 e. The number of esters is 1. The van der Waals surface area contributed by atoms with Gasteiger partial charge in [-0.2, -0.15) is 0 Å². The molecule has 0 amide bonds. The van der Waals surface area contributed by atoms with Crippen LogP contribution in [0.5, 0.6) is 0 Å². The zero-order valence-corrected chi connectivity index (χ0v) is 21.8. The van der Waals surface area contributed by atoms with E-state index < -0.39 is 33.9 Å². The first-order valence-electron chi connectivity index (χ1n) is 10.6. The van der Waals surface area contributed by atoms with Crippen molar-refractivity contribution in [2.75, 3.05) is 6.61 Å². The molecular formula is C21H40O6Si2. The van der Waals surface area contributed by atoms with Crippen LogP contribution >= 0.6 is 0 Å². The first kappa shape index (κ1) is 24.8. The molecule has 0 aromatic carbocycles. The van der Waals surface area contributed by atoms with Gasteiger partial charge in [-0.1, -0.05) is 13.0 Å². The molecule has 8 heteroatoms. The Morgan fingerprint density at radius 2 is 1.69 bits per heavy atom. The molecule has 0 aromatic heterocycles. The van der Waals surface area contributed by atoms with E-state index in [4.69, 9.17) is 23.1 Å². The fourth-order valence-electron chi connectivity index (χ4n) is 4.52. The topological polar surface area (TPSA) is 63.2 Å². The molecule has 0 saturated carbocycles.